The van der Waals surface area contributed by atoms with Crippen LogP contribution in [0.5, 0.6) is 0 Å². The molecule has 11 heteroatoms. The van der Waals surface area contributed by atoms with Crippen LogP contribution in [0.1, 0.15) is 23.3 Å². The van der Waals surface area contributed by atoms with Gasteiger partial charge in [0.1, 0.15) is 6.04 Å². The maximum Gasteiger partial charge on any atom is 0.418 e. The monoisotopic (exact) mass is 303 g/mol. The highest BCUT2D eigenvalue weighted by Crippen LogP contribution is 2.43. The van der Waals surface area contributed by atoms with Crippen LogP contribution in [-0.2, 0) is 21.7 Å². The largest absolute Gasteiger partial charge is 0.418 e. The Morgan fingerprint density at radius 3 is 2.90 bits per heavy atom. The van der Waals surface area contributed by atoms with Crippen LogP contribution in [0.25, 0.3) is 0 Å². The summed E-state index contributed by atoms with van der Waals surface area (Å²) >= 11 is 0. The molecule has 1 aromatic rings. The fourth-order valence-corrected chi connectivity index (χ4v) is 3.15. The van der Waals surface area contributed by atoms with Crippen LogP contribution in [0, 0.1) is 0 Å². The molecule has 110 valence electrons. The summed E-state index contributed by atoms with van der Waals surface area (Å²) in [5, 5.41) is 4.74. The fraction of sp³-hybridized carbons (Fsp3) is 0.556. The molecule has 2 aliphatic rings. The second-order valence-corrected chi connectivity index (χ2v) is 5.64. The smallest absolute Gasteiger partial charge is 0.328 e. The summed E-state index contributed by atoms with van der Waals surface area (Å²) in [7, 11) is -3.06. The molecule has 2 atom stereocenters. The first-order valence-electron chi connectivity index (χ1n) is 5.82. The molecule has 0 saturated carbocycles. The lowest BCUT2D eigenvalue weighted by molar-refractivity contribution is -0.0317. The molecule has 1 aromatic heterocycles. The van der Waals surface area contributed by atoms with E-state index in [2.05, 4.69) is 9.38 Å². The molecular weight excluding hydrogens is 290 g/mol. The Morgan fingerprint density at radius 2 is 2.30 bits per heavy atom. The average molecular weight is 303 g/mol. The zero-order chi connectivity index (χ0) is 14.7. The molecule has 3 N–H and O–H groups in total. The van der Waals surface area contributed by atoms with Gasteiger partial charge in [0.15, 0.2) is 0 Å². The number of fused-ring (bicyclic) bond motifs is 4. The van der Waals surface area contributed by atoms with Crippen LogP contribution in [0.2, 0.25) is 0 Å². The quantitative estimate of drug-likeness (QED) is 0.681. The summed E-state index contributed by atoms with van der Waals surface area (Å²) in [6, 6.07) is -1.70. The predicted molar refractivity (Wildman–Crippen MR) is 64.3 cm³/mol. The molecule has 1 fully saturated rings. The van der Waals surface area contributed by atoms with Gasteiger partial charge in [-0.2, -0.15) is 18.6 Å². The van der Waals surface area contributed by atoms with E-state index in [4.69, 9.17) is 10.3 Å². The van der Waals surface area contributed by atoms with Crippen molar-refractivity contribution in [2.45, 2.75) is 12.1 Å². The molecule has 20 heavy (non-hydrogen) atoms. The number of hydrogen-bond acceptors (Lipinski definition) is 6. The maximum absolute atomic E-state index is 12.2. The van der Waals surface area contributed by atoms with Crippen molar-refractivity contribution in [1.82, 2.24) is 19.7 Å². The molecule has 3 heterocycles. The number of aryl methyl sites for hydroxylation is 1. The molecule has 1 saturated heterocycles. The van der Waals surface area contributed by atoms with Gasteiger partial charge >= 0.3 is 16.4 Å². The van der Waals surface area contributed by atoms with Crippen molar-refractivity contribution in [3.05, 3.63) is 17.5 Å². The zero-order valence-corrected chi connectivity index (χ0v) is 11.3. The fourth-order valence-electron chi connectivity index (χ4n) is 2.78. The van der Waals surface area contributed by atoms with Gasteiger partial charge in [-0.1, -0.05) is 0 Å². The van der Waals surface area contributed by atoms with Gasteiger partial charge in [-0.25, -0.2) is 4.79 Å². The van der Waals surface area contributed by atoms with Crippen LogP contribution < -0.4 is 5.73 Å². The van der Waals surface area contributed by atoms with E-state index in [1.165, 1.54) is 4.90 Å². The molecule has 10 nitrogen and oxygen atoms in total. The Kier molecular flexibility index (Phi) is 2.76. The summed E-state index contributed by atoms with van der Waals surface area (Å²) in [4.78, 5) is 13.6. The number of amides is 2. The Labute approximate surface area is 114 Å². The van der Waals surface area contributed by atoms with Crippen LogP contribution in [0.4, 0.5) is 4.79 Å². The number of hydroxylamine groups is 2. The van der Waals surface area contributed by atoms with E-state index in [9.17, 15) is 13.2 Å². The van der Waals surface area contributed by atoms with Crippen LogP contribution in [0.3, 0.4) is 0 Å². The predicted octanol–water partition coefficient (Wildman–Crippen LogP) is -1.05. The van der Waals surface area contributed by atoms with Crippen LogP contribution in [0.15, 0.2) is 6.20 Å². The van der Waals surface area contributed by atoms with Crippen molar-refractivity contribution < 1.29 is 22.0 Å². The SMILES string of the molecule is Cn1ncc2c1[C@H](CN)N1C[C@@H]2N(OS(=O)(=O)O)C1=O. The molecule has 0 radical (unpaired) electrons. The molecule has 2 aliphatic heterocycles. The third-order valence-electron chi connectivity index (χ3n) is 3.55. The number of carbonyl (C=O) groups excluding carboxylic acids is 1. The van der Waals surface area contributed by atoms with Crippen molar-refractivity contribution in [3.63, 3.8) is 0 Å². The second kappa shape index (κ2) is 4.15. The zero-order valence-electron chi connectivity index (χ0n) is 10.5. The summed E-state index contributed by atoms with van der Waals surface area (Å²) in [6.45, 7) is 0.402. The minimum absolute atomic E-state index is 0.171. The Hall–Kier alpha value is -1.69. The molecule has 3 rings (SSSR count). The van der Waals surface area contributed by atoms with Crippen LogP contribution >= 0.6 is 0 Å². The highest BCUT2D eigenvalue weighted by atomic mass is 32.3. The minimum Gasteiger partial charge on any atom is -0.328 e. The highest BCUT2D eigenvalue weighted by molar-refractivity contribution is 7.80. The normalized spacial score (nSPS) is 25.2. The van der Waals surface area contributed by atoms with Crippen molar-refractivity contribution in [3.8, 4) is 0 Å². The Bertz CT molecular complexity index is 670. The number of nitrogens with zero attached hydrogens (tertiary/aromatic N) is 4. The summed E-state index contributed by atoms with van der Waals surface area (Å²) < 4.78 is 36.5. The van der Waals surface area contributed by atoms with Crippen molar-refractivity contribution >= 4 is 16.4 Å². The first-order valence-corrected chi connectivity index (χ1v) is 7.18. The number of rotatable bonds is 3. The third-order valence-corrected chi connectivity index (χ3v) is 3.90. The van der Waals surface area contributed by atoms with Crippen molar-refractivity contribution in [2.24, 2.45) is 12.8 Å². The highest BCUT2D eigenvalue weighted by Gasteiger charge is 2.51. The van der Waals surface area contributed by atoms with Gasteiger partial charge in [0.25, 0.3) is 0 Å². The van der Waals surface area contributed by atoms with Gasteiger partial charge in [-0.05, 0) is 0 Å². The summed E-state index contributed by atoms with van der Waals surface area (Å²) in [5.41, 5.74) is 7.10. The molecule has 0 unspecified atom stereocenters. The van der Waals surface area contributed by atoms with Gasteiger partial charge < -0.3 is 10.6 Å². The number of urea groups is 1. The second-order valence-electron chi connectivity index (χ2n) is 4.64. The molecule has 2 amide bonds. The van der Waals surface area contributed by atoms with Crippen LogP contribution in [-0.4, -0.2) is 51.8 Å². The van der Waals surface area contributed by atoms with E-state index < -0.39 is 28.5 Å². The van der Waals surface area contributed by atoms with Gasteiger partial charge in [-0.15, -0.1) is 4.28 Å². The first-order chi connectivity index (χ1) is 9.33. The van der Waals surface area contributed by atoms with Crippen molar-refractivity contribution in [1.29, 1.82) is 0 Å². The molecule has 0 spiro atoms. The Balaban J connectivity index is 2.08. The first kappa shape index (κ1) is 13.3. The standard InChI is InChI=1S/C9H13N5O5S/c1-12-8-5(3-11-12)7-4-13(6(8)2-10)9(15)14(7)19-20(16,17)18/h3,6-7H,2,4,10H2,1H3,(H,16,17,18)/t6-,7-/m0/s1. The van der Waals surface area contributed by atoms with E-state index in [1.807, 2.05) is 0 Å². The molecule has 0 aromatic carbocycles. The summed E-state index contributed by atoms with van der Waals surface area (Å²) in [5.74, 6) is 0. The van der Waals surface area contributed by atoms with Gasteiger partial charge in [-0.3, -0.25) is 9.23 Å². The molecule has 0 aliphatic carbocycles. The lowest BCUT2D eigenvalue weighted by atomic mass is 9.98. The van der Waals surface area contributed by atoms with E-state index in [-0.39, 0.29) is 13.1 Å². The Morgan fingerprint density at radius 1 is 1.60 bits per heavy atom. The summed E-state index contributed by atoms with van der Waals surface area (Å²) in [6.07, 6.45) is 1.54. The number of carbonyl (C=O) groups is 1. The van der Waals surface area contributed by atoms with Crippen molar-refractivity contribution in [2.75, 3.05) is 13.1 Å². The maximum atomic E-state index is 12.2. The topological polar surface area (TPSA) is 131 Å². The van der Waals surface area contributed by atoms with E-state index in [0.717, 1.165) is 5.69 Å². The minimum atomic E-state index is -4.78. The number of nitrogens with two attached hydrogens (primary N) is 1. The lowest BCUT2D eigenvalue weighted by Gasteiger charge is -2.30. The average Bonchev–Trinajstić information content (AvgIpc) is 2.85. The van der Waals surface area contributed by atoms with Gasteiger partial charge in [0.05, 0.1) is 24.5 Å². The number of aromatic nitrogens is 2. The van der Waals surface area contributed by atoms with Gasteiger partial charge in [0.2, 0.25) is 0 Å². The van der Waals surface area contributed by atoms with Gasteiger partial charge in [0, 0.05) is 19.2 Å². The molecule has 2 bridgehead atoms. The third kappa shape index (κ3) is 1.78. The van der Waals surface area contributed by atoms with E-state index in [0.29, 0.717) is 10.6 Å². The van der Waals surface area contributed by atoms with E-state index >= 15 is 0 Å². The van der Waals surface area contributed by atoms with E-state index in [1.54, 1.807) is 17.9 Å². The number of hydrogen-bond donors (Lipinski definition) is 2. The molecular formula is C9H13N5O5S. The lowest BCUT2D eigenvalue weighted by Crippen LogP contribution is -2.39.